The van der Waals surface area contributed by atoms with Gasteiger partial charge in [0, 0.05) is 35.1 Å². The zero-order valence-electron chi connectivity index (χ0n) is 16.5. The number of hydrogen-bond donors (Lipinski definition) is 2. The van der Waals surface area contributed by atoms with E-state index in [1.807, 2.05) is 30.5 Å². The molecule has 3 N–H and O–H groups in total. The van der Waals surface area contributed by atoms with Gasteiger partial charge in [-0.2, -0.15) is 5.26 Å². The molecule has 0 amide bonds. The Kier molecular flexibility index (Phi) is 4.57. The standard InChI is InChI=1S/C24H18ClFN4O/c25-17-11-15(5-6-18(17)26)30-20-2-1-3-21(31)23(20)22(16(12-27)24(30)28)14-4-7-19-13(10-14)8-9-29-19/h4-11,22,29H,1-3,28H2/t22-/m1/s1. The van der Waals surface area contributed by atoms with E-state index in [1.165, 1.54) is 12.1 Å². The van der Waals surface area contributed by atoms with Crippen molar-refractivity contribution in [3.8, 4) is 6.07 Å². The Labute approximate surface area is 183 Å². The summed E-state index contributed by atoms with van der Waals surface area (Å²) in [5.41, 5.74) is 10.5. The van der Waals surface area contributed by atoms with E-state index in [-0.39, 0.29) is 16.6 Å². The number of fused-ring (bicyclic) bond motifs is 1. The highest BCUT2D eigenvalue weighted by Gasteiger charge is 2.40. The smallest absolute Gasteiger partial charge is 0.161 e. The number of benzene rings is 2. The lowest BCUT2D eigenvalue weighted by Gasteiger charge is -2.39. The summed E-state index contributed by atoms with van der Waals surface area (Å²) in [7, 11) is 0. The van der Waals surface area contributed by atoms with E-state index in [0.29, 0.717) is 36.1 Å². The van der Waals surface area contributed by atoms with Crippen LogP contribution in [0.5, 0.6) is 0 Å². The number of carbonyl (C=O) groups is 1. The quantitative estimate of drug-likeness (QED) is 0.578. The minimum atomic E-state index is -0.544. The van der Waals surface area contributed by atoms with Crippen molar-refractivity contribution in [2.45, 2.75) is 25.2 Å². The van der Waals surface area contributed by atoms with Crippen LogP contribution in [0.4, 0.5) is 10.1 Å². The number of halogens is 2. The lowest BCUT2D eigenvalue weighted by atomic mass is 9.75. The zero-order chi connectivity index (χ0) is 21.7. The molecule has 0 radical (unpaired) electrons. The van der Waals surface area contributed by atoms with Crippen molar-refractivity contribution in [1.29, 1.82) is 5.26 Å². The van der Waals surface area contributed by atoms with Gasteiger partial charge < -0.3 is 10.7 Å². The van der Waals surface area contributed by atoms with Crippen LogP contribution in [0.15, 0.2) is 71.3 Å². The number of aromatic nitrogens is 1. The topological polar surface area (TPSA) is 85.9 Å². The van der Waals surface area contributed by atoms with Gasteiger partial charge in [-0.05, 0) is 60.2 Å². The highest BCUT2D eigenvalue weighted by molar-refractivity contribution is 6.31. The maximum atomic E-state index is 13.8. The number of rotatable bonds is 2. The summed E-state index contributed by atoms with van der Waals surface area (Å²) in [5.74, 6) is -0.854. The van der Waals surface area contributed by atoms with E-state index < -0.39 is 11.7 Å². The van der Waals surface area contributed by atoms with Crippen molar-refractivity contribution >= 4 is 34.0 Å². The molecule has 5 nitrogen and oxygen atoms in total. The number of hydrogen-bond acceptors (Lipinski definition) is 4. The van der Waals surface area contributed by atoms with Crippen LogP contribution in [0.1, 0.15) is 30.7 Å². The van der Waals surface area contributed by atoms with Crippen LogP contribution in [0, 0.1) is 17.1 Å². The maximum Gasteiger partial charge on any atom is 0.161 e. The summed E-state index contributed by atoms with van der Waals surface area (Å²) in [4.78, 5) is 18.0. The number of nitrogens with two attached hydrogens (primary N) is 1. The monoisotopic (exact) mass is 432 g/mol. The molecule has 2 aliphatic rings. The fourth-order valence-corrected chi connectivity index (χ4v) is 4.76. The summed E-state index contributed by atoms with van der Waals surface area (Å²) in [6.07, 6.45) is 3.57. The van der Waals surface area contributed by atoms with Crippen LogP contribution in [0.2, 0.25) is 5.02 Å². The summed E-state index contributed by atoms with van der Waals surface area (Å²) >= 11 is 6.01. The Morgan fingerprint density at radius 3 is 2.81 bits per heavy atom. The van der Waals surface area contributed by atoms with Gasteiger partial charge in [-0.15, -0.1) is 0 Å². The fraction of sp³-hybridized carbons (Fsp3) is 0.167. The van der Waals surface area contributed by atoms with E-state index >= 15 is 0 Å². The number of nitrogens with zero attached hydrogens (tertiary/aromatic N) is 2. The first-order valence-electron chi connectivity index (χ1n) is 9.98. The first-order valence-corrected chi connectivity index (χ1v) is 10.4. The van der Waals surface area contributed by atoms with E-state index in [9.17, 15) is 14.4 Å². The predicted octanol–water partition coefficient (Wildman–Crippen LogP) is 5.27. The molecule has 2 aromatic carbocycles. The maximum absolute atomic E-state index is 13.8. The number of allylic oxidation sites excluding steroid dienone is 3. The summed E-state index contributed by atoms with van der Waals surface area (Å²) in [6, 6.07) is 14.3. The van der Waals surface area contributed by atoms with Gasteiger partial charge in [0.25, 0.3) is 0 Å². The summed E-state index contributed by atoms with van der Waals surface area (Å²) < 4.78 is 13.8. The molecule has 1 aliphatic carbocycles. The van der Waals surface area contributed by atoms with Crippen molar-refractivity contribution in [2.24, 2.45) is 5.73 Å². The SMILES string of the molecule is N#CC1=C(N)N(c2ccc(F)c(Cl)c2)C2=C(C(=O)CCC2)[C@@H]1c1ccc2[nH]ccc2c1. The molecule has 0 unspecified atom stereocenters. The molecule has 3 aromatic rings. The lowest BCUT2D eigenvalue weighted by molar-refractivity contribution is -0.116. The molecule has 154 valence electrons. The second-order valence-corrected chi connectivity index (χ2v) is 8.15. The first kappa shape index (κ1) is 19.4. The number of ketones is 1. The molecule has 0 bridgehead atoms. The predicted molar refractivity (Wildman–Crippen MR) is 118 cm³/mol. The fourth-order valence-electron chi connectivity index (χ4n) is 4.59. The van der Waals surface area contributed by atoms with Gasteiger partial charge >= 0.3 is 0 Å². The van der Waals surface area contributed by atoms with Gasteiger partial charge in [-0.3, -0.25) is 9.69 Å². The van der Waals surface area contributed by atoms with Gasteiger partial charge in [-0.25, -0.2) is 4.39 Å². The van der Waals surface area contributed by atoms with Crippen LogP contribution in [-0.2, 0) is 4.79 Å². The van der Waals surface area contributed by atoms with Crippen molar-refractivity contribution in [1.82, 2.24) is 4.98 Å². The van der Waals surface area contributed by atoms with Crippen LogP contribution >= 0.6 is 11.6 Å². The molecule has 7 heteroatoms. The molecule has 5 rings (SSSR count). The summed E-state index contributed by atoms with van der Waals surface area (Å²) in [6.45, 7) is 0. The zero-order valence-corrected chi connectivity index (χ0v) is 17.2. The highest BCUT2D eigenvalue weighted by Crippen LogP contribution is 2.46. The Bertz CT molecular complexity index is 1350. The van der Waals surface area contributed by atoms with E-state index in [1.54, 1.807) is 11.0 Å². The molecule has 2 heterocycles. The number of aromatic amines is 1. The molecule has 0 fully saturated rings. The Balaban J connectivity index is 1.75. The molecule has 31 heavy (non-hydrogen) atoms. The van der Waals surface area contributed by atoms with Gasteiger partial charge in [0.2, 0.25) is 0 Å². The summed E-state index contributed by atoms with van der Waals surface area (Å²) in [5, 5.41) is 11.0. The van der Waals surface area contributed by atoms with Gasteiger partial charge in [-0.1, -0.05) is 17.7 Å². The minimum absolute atomic E-state index is 0.00104. The normalized spacial score (nSPS) is 19.1. The molecule has 0 saturated carbocycles. The van der Waals surface area contributed by atoms with Crippen molar-refractivity contribution < 1.29 is 9.18 Å². The highest BCUT2D eigenvalue weighted by atomic mass is 35.5. The van der Waals surface area contributed by atoms with Crippen LogP contribution < -0.4 is 10.6 Å². The Morgan fingerprint density at radius 2 is 2.03 bits per heavy atom. The second kappa shape index (κ2) is 7.29. The lowest BCUT2D eigenvalue weighted by Crippen LogP contribution is -2.38. The van der Waals surface area contributed by atoms with Gasteiger partial charge in [0.05, 0.1) is 22.6 Å². The molecule has 0 saturated heterocycles. The van der Waals surface area contributed by atoms with Gasteiger partial charge in [0.1, 0.15) is 11.6 Å². The largest absolute Gasteiger partial charge is 0.384 e. The Morgan fingerprint density at radius 1 is 1.19 bits per heavy atom. The third-order valence-corrected chi connectivity index (χ3v) is 6.28. The first-order chi connectivity index (χ1) is 15.0. The van der Waals surface area contributed by atoms with Crippen molar-refractivity contribution in [2.75, 3.05) is 4.90 Å². The van der Waals surface area contributed by atoms with Crippen LogP contribution in [-0.4, -0.2) is 10.8 Å². The van der Waals surface area contributed by atoms with Crippen LogP contribution in [0.3, 0.4) is 0 Å². The molecule has 0 spiro atoms. The number of anilines is 1. The number of H-pyrrole nitrogens is 1. The minimum Gasteiger partial charge on any atom is -0.384 e. The van der Waals surface area contributed by atoms with E-state index in [2.05, 4.69) is 11.1 Å². The number of nitriles is 1. The molecule has 1 aromatic heterocycles. The van der Waals surface area contributed by atoms with Crippen molar-refractivity contribution in [3.05, 3.63) is 87.7 Å². The van der Waals surface area contributed by atoms with Gasteiger partial charge in [0.15, 0.2) is 5.78 Å². The molecular formula is C24H18ClFN4O. The van der Waals surface area contributed by atoms with Crippen LogP contribution in [0.25, 0.3) is 10.9 Å². The third-order valence-electron chi connectivity index (χ3n) is 5.99. The Hall–Kier alpha value is -3.56. The van der Waals surface area contributed by atoms with E-state index in [0.717, 1.165) is 22.2 Å². The number of nitrogens with one attached hydrogen (secondary N) is 1. The third kappa shape index (κ3) is 3.01. The number of carbonyl (C=O) groups excluding carboxylic acids is 1. The average Bonchev–Trinajstić information content (AvgIpc) is 3.23. The average molecular weight is 433 g/mol. The molecular weight excluding hydrogens is 415 g/mol. The van der Waals surface area contributed by atoms with Crippen molar-refractivity contribution in [3.63, 3.8) is 0 Å². The number of Topliss-reactive ketones (excluding diaryl/α,β-unsaturated/α-hetero) is 1. The molecule has 1 atom stereocenters. The molecule has 1 aliphatic heterocycles. The van der Waals surface area contributed by atoms with E-state index in [4.69, 9.17) is 17.3 Å². The second-order valence-electron chi connectivity index (χ2n) is 7.74.